The maximum absolute atomic E-state index is 12.3. The van der Waals surface area contributed by atoms with Gasteiger partial charge in [0.15, 0.2) is 0 Å². The number of hydrogen-bond acceptors (Lipinski definition) is 3. The molecule has 1 aliphatic heterocycles. The van der Waals surface area contributed by atoms with Crippen LogP contribution in [0.2, 0.25) is 0 Å². The van der Waals surface area contributed by atoms with Crippen molar-refractivity contribution in [3.8, 4) is 0 Å². The van der Waals surface area contributed by atoms with Crippen LogP contribution < -0.4 is 0 Å². The molecule has 1 aromatic rings. The van der Waals surface area contributed by atoms with Gasteiger partial charge in [0.2, 0.25) is 5.91 Å². The van der Waals surface area contributed by atoms with Crippen molar-refractivity contribution in [3.05, 3.63) is 34.9 Å². The summed E-state index contributed by atoms with van der Waals surface area (Å²) in [5.41, 5.74) is 2.88. The molecule has 1 amide bonds. The fourth-order valence-electron chi connectivity index (χ4n) is 2.62. The lowest BCUT2D eigenvalue weighted by Gasteiger charge is -2.20. The number of carbonyl (C=O) groups is 2. The van der Waals surface area contributed by atoms with Crippen molar-refractivity contribution in [1.82, 2.24) is 4.90 Å². The van der Waals surface area contributed by atoms with Crippen LogP contribution >= 0.6 is 0 Å². The number of carbonyl (C=O) groups excluding carboxylic acids is 2. The molecule has 0 aliphatic carbocycles. The number of fused-ring (bicyclic) bond motifs is 1. The van der Waals surface area contributed by atoms with Gasteiger partial charge in [0.25, 0.3) is 0 Å². The van der Waals surface area contributed by atoms with Gasteiger partial charge in [0, 0.05) is 13.5 Å². The number of rotatable bonds is 1. The predicted molar refractivity (Wildman–Crippen MR) is 81.3 cm³/mol. The highest BCUT2D eigenvalue weighted by Gasteiger charge is 2.16. The maximum atomic E-state index is 12.3. The molecule has 0 bridgehead atoms. The lowest BCUT2D eigenvalue weighted by Crippen LogP contribution is -2.33. The zero-order valence-electron chi connectivity index (χ0n) is 12.9. The van der Waals surface area contributed by atoms with E-state index >= 15 is 0 Å². The third kappa shape index (κ3) is 4.06. The molecule has 0 spiro atoms. The van der Waals surface area contributed by atoms with Crippen molar-refractivity contribution in [2.24, 2.45) is 0 Å². The molecular formula is C17H23NO3. The van der Waals surface area contributed by atoms with E-state index in [4.69, 9.17) is 4.74 Å². The summed E-state index contributed by atoms with van der Waals surface area (Å²) in [5, 5.41) is 0. The quantitative estimate of drug-likeness (QED) is 0.747. The van der Waals surface area contributed by atoms with E-state index in [2.05, 4.69) is 13.0 Å². The number of benzene rings is 1. The van der Waals surface area contributed by atoms with Gasteiger partial charge < -0.3 is 9.64 Å². The van der Waals surface area contributed by atoms with Crippen LogP contribution in [0.4, 0.5) is 0 Å². The molecule has 0 N–H and O–H groups in total. The number of ether oxygens (including phenoxy) is 1. The Kier molecular flexibility index (Phi) is 5.37. The zero-order valence-corrected chi connectivity index (χ0v) is 12.9. The standard InChI is InChI=1S/C17H23NO3/c1-3-14-7-8-15-6-4-5-9-18(13(2)19)10-11-21-17(20)16(15)12-14/h7-8,12H,3-6,9-11H2,1-2H3. The number of cyclic esters (lactones) is 1. The van der Waals surface area contributed by atoms with Crippen LogP contribution in [0, 0.1) is 0 Å². The Morgan fingerprint density at radius 3 is 2.81 bits per heavy atom. The molecule has 1 aromatic carbocycles. The van der Waals surface area contributed by atoms with E-state index in [1.54, 1.807) is 11.8 Å². The van der Waals surface area contributed by atoms with E-state index in [9.17, 15) is 9.59 Å². The van der Waals surface area contributed by atoms with E-state index in [0.717, 1.165) is 43.4 Å². The molecule has 114 valence electrons. The highest BCUT2D eigenvalue weighted by atomic mass is 16.5. The summed E-state index contributed by atoms with van der Waals surface area (Å²) < 4.78 is 5.35. The summed E-state index contributed by atoms with van der Waals surface area (Å²) in [6.45, 7) is 5.10. The minimum absolute atomic E-state index is 0.0380. The molecule has 0 radical (unpaired) electrons. The topological polar surface area (TPSA) is 46.6 Å². The number of esters is 1. The summed E-state index contributed by atoms with van der Waals surface area (Å²) >= 11 is 0. The Morgan fingerprint density at radius 1 is 1.29 bits per heavy atom. The Bertz CT molecular complexity index is 525. The number of aryl methyl sites for hydroxylation is 2. The van der Waals surface area contributed by atoms with E-state index in [1.807, 2.05) is 12.1 Å². The fraction of sp³-hybridized carbons (Fsp3) is 0.529. The van der Waals surface area contributed by atoms with Crippen molar-refractivity contribution >= 4 is 11.9 Å². The van der Waals surface area contributed by atoms with E-state index < -0.39 is 0 Å². The van der Waals surface area contributed by atoms with Crippen LogP contribution in [0.25, 0.3) is 0 Å². The second-order valence-electron chi connectivity index (χ2n) is 5.44. The molecule has 4 heteroatoms. The molecule has 0 aromatic heterocycles. The highest BCUT2D eigenvalue weighted by molar-refractivity contribution is 5.91. The summed E-state index contributed by atoms with van der Waals surface area (Å²) in [6.07, 6.45) is 3.66. The average molecular weight is 289 g/mol. The monoisotopic (exact) mass is 289 g/mol. The molecule has 0 saturated heterocycles. The molecule has 1 aliphatic rings. The number of hydrogen-bond donors (Lipinski definition) is 0. The first-order valence-electron chi connectivity index (χ1n) is 7.66. The SMILES string of the molecule is CCc1ccc2c(c1)C(=O)OCCN(C(C)=O)CCCC2. The van der Waals surface area contributed by atoms with Gasteiger partial charge in [-0.3, -0.25) is 4.79 Å². The second-order valence-corrected chi connectivity index (χ2v) is 5.44. The van der Waals surface area contributed by atoms with Gasteiger partial charge in [-0.1, -0.05) is 19.1 Å². The lowest BCUT2D eigenvalue weighted by atomic mass is 9.98. The summed E-state index contributed by atoms with van der Waals surface area (Å²) in [7, 11) is 0. The zero-order chi connectivity index (χ0) is 15.2. The smallest absolute Gasteiger partial charge is 0.338 e. The summed E-state index contributed by atoms with van der Waals surface area (Å²) in [4.78, 5) is 25.5. The highest BCUT2D eigenvalue weighted by Crippen LogP contribution is 2.17. The van der Waals surface area contributed by atoms with Gasteiger partial charge >= 0.3 is 5.97 Å². The van der Waals surface area contributed by atoms with Crippen LogP contribution in [0.3, 0.4) is 0 Å². The Labute approximate surface area is 126 Å². The lowest BCUT2D eigenvalue weighted by molar-refractivity contribution is -0.129. The summed E-state index contributed by atoms with van der Waals surface area (Å²) in [5.74, 6) is -0.234. The molecule has 0 saturated carbocycles. The van der Waals surface area contributed by atoms with Crippen molar-refractivity contribution in [3.63, 3.8) is 0 Å². The van der Waals surface area contributed by atoms with Gasteiger partial charge in [-0.25, -0.2) is 4.79 Å². The second kappa shape index (κ2) is 7.25. The van der Waals surface area contributed by atoms with Crippen LogP contribution in [0.15, 0.2) is 18.2 Å². The molecule has 21 heavy (non-hydrogen) atoms. The van der Waals surface area contributed by atoms with Crippen molar-refractivity contribution in [1.29, 1.82) is 0 Å². The van der Waals surface area contributed by atoms with Crippen molar-refractivity contribution in [2.45, 2.75) is 39.5 Å². The van der Waals surface area contributed by atoms with Gasteiger partial charge in [-0.2, -0.15) is 0 Å². The predicted octanol–water partition coefficient (Wildman–Crippen LogP) is 2.59. The minimum Gasteiger partial charge on any atom is -0.460 e. The normalized spacial score (nSPS) is 16.7. The first-order valence-corrected chi connectivity index (χ1v) is 7.66. The Morgan fingerprint density at radius 2 is 2.10 bits per heavy atom. The molecule has 0 atom stereocenters. The van der Waals surface area contributed by atoms with Gasteiger partial charge in [-0.15, -0.1) is 0 Å². The number of amides is 1. The molecule has 2 rings (SSSR count). The van der Waals surface area contributed by atoms with Crippen LogP contribution in [0.1, 0.15) is 48.2 Å². The van der Waals surface area contributed by atoms with Gasteiger partial charge in [0.05, 0.1) is 12.1 Å². The van der Waals surface area contributed by atoms with Gasteiger partial charge in [0.1, 0.15) is 6.61 Å². The third-order valence-corrected chi connectivity index (χ3v) is 3.97. The van der Waals surface area contributed by atoms with E-state index in [0.29, 0.717) is 12.1 Å². The van der Waals surface area contributed by atoms with Crippen LogP contribution in [-0.4, -0.2) is 36.5 Å². The molecular weight excluding hydrogens is 266 g/mol. The van der Waals surface area contributed by atoms with Crippen LogP contribution in [-0.2, 0) is 22.4 Å². The maximum Gasteiger partial charge on any atom is 0.338 e. The Balaban J connectivity index is 2.19. The minimum atomic E-state index is -0.272. The average Bonchev–Trinajstić information content (AvgIpc) is 2.51. The van der Waals surface area contributed by atoms with E-state index in [-0.39, 0.29) is 18.5 Å². The largest absolute Gasteiger partial charge is 0.460 e. The molecule has 1 heterocycles. The van der Waals surface area contributed by atoms with Crippen LogP contribution in [0.5, 0.6) is 0 Å². The fourth-order valence-corrected chi connectivity index (χ4v) is 2.62. The van der Waals surface area contributed by atoms with E-state index in [1.165, 1.54) is 0 Å². The van der Waals surface area contributed by atoms with Gasteiger partial charge in [-0.05, 0) is 42.9 Å². The molecule has 4 nitrogen and oxygen atoms in total. The van der Waals surface area contributed by atoms with Crippen molar-refractivity contribution in [2.75, 3.05) is 19.7 Å². The molecule has 0 fully saturated rings. The summed E-state index contributed by atoms with van der Waals surface area (Å²) in [6, 6.07) is 6.06. The third-order valence-electron chi connectivity index (χ3n) is 3.97. The first-order chi connectivity index (χ1) is 10.1. The number of nitrogens with zero attached hydrogens (tertiary/aromatic N) is 1. The first kappa shape index (κ1) is 15.5. The Hall–Kier alpha value is -1.84. The molecule has 0 unspecified atom stereocenters. The van der Waals surface area contributed by atoms with Crippen molar-refractivity contribution < 1.29 is 14.3 Å².